The first-order valence-corrected chi connectivity index (χ1v) is 10.5. The molecule has 0 spiro atoms. The molecule has 2 saturated heterocycles. The quantitative estimate of drug-likeness (QED) is 0.450. The van der Waals surface area contributed by atoms with E-state index in [0.29, 0.717) is 12.3 Å². The molecule has 1 aromatic rings. The number of anilines is 1. The van der Waals surface area contributed by atoms with Gasteiger partial charge >= 0.3 is 0 Å². The SMILES string of the molecule is COC[C@@H](C)OP1(=O)[C@H]2C=C(C)[C@H]1[C@@H]1C(=O)N(c3ccccc3)C(=O)[C@@H]12. The zero-order valence-electron chi connectivity index (χ0n) is 15.0. The van der Waals surface area contributed by atoms with Crippen LogP contribution < -0.4 is 4.90 Å². The third-order valence-corrected chi connectivity index (χ3v) is 9.06. The van der Waals surface area contributed by atoms with Gasteiger partial charge in [-0.2, -0.15) is 0 Å². The van der Waals surface area contributed by atoms with Gasteiger partial charge in [0.1, 0.15) is 0 Å². The molecule has 7 heteroatoms. The Hall–Kier alpha value is -1.75. The average molecular weight is 375 g/mol. The summed E-state index contributed by atoms with van der Waals surface area (Å²) in [5.41, 5.74) is 0.418. The van der Waals surface area contributed by atoms with Gasteiger partial charge in [0.15, 0.2) is 0 Å². The standard InChI is InChI=1S/C19H22NO5P/c1-11-9-14-15-16(17(11)26(14,23)25-12(2)10-24-3)19(22)20(18(15)21)13-7-5-4-6-8-13/h4-9,12,14-17H,10H2,1-3H3/t12-,14+,15-,16-,17+,26?/m1/s1. The molecule has 0 saturated carbocycles. The lowest BCUT2D eigenvalue weighted by molar-refractivity contribution is -0.122. The minimum Gasteiger partial charge on any atom is -0.382 e. The van der Waals surface area contributed by atoms with Crippen molar-refractivity contribution in [2.45, 2.75) is 31.3 Å². The van der Waals surface area contributed by atoms with Gasteiger partial charge in [-0.15, -0.1) is 0 Å². The number of rotatable bonds is 5. The molecule has 1 unspecified atom stereocenters. The summed E-state index contributed by atoms with van der Waals surface area (Å²) in [5.74, 6) is -1.74. The van der Waals surface area contributed by atoms with Crippen molar-refractivity contribution >= 4 is 24.9 Å². The van der Waals surface area contributed by atoms with Crippen LogP contribution in [0.3, 0.4) is 0 Å². The summed E-state index contributed by atoms with van der Waals surface area (Å²) in [6.45, 7) is 3.99. The van der Waals surface area contributed by atoms with E-state index in [0.717, 1.165) is 5.57 Å². The Kier molecular flexibility index (Phi) is 4.18. The molecule has 1 aromatic carbocycles. The molecular weight excluding hydrogens is 353 g/mol. The Morgan fingerprint density at radius 1 is 1.15 bits per heavy atom. The van der Waals surface area contributed by atoms with Gasteiger partial charge in [0.05, 0.1) is 41.6 Å². The molecule has 2 fully saturated rings. The fraction of sp³-hybridized carbons (Fsp3) is 0.474. The van der Waals surface area contributed by atoms with Crippen LogP contribution in [-0.2, 0) is 23.4 Å². The Morgan fingerprint density at radius 3 is 2.46 bits per heavy atom. The van der Waals surface area contributed by atoms with Crippen LogP contribution in [0.15, 0.2) is 42.0 Å². The fourth-order valence-electron chi connectivity index (χ4n) is 4.69. The number of nitrogens with zero attached hydrogens (tertiary/aromatic N) is 1. The predicted molar refractivity (Wildman–Crippen MR) is 97.3 cm³/mol. The third-order valence-electron chi connectivity index (χ3n) is 5.57. The van der Waals surface area contributed by atoms with Crippen LogP contribution in [0.2, 0.25) is 0 Å². The molecule has 0 aromatic heterocycles. The van der Waals surface area contributed by atoms with Gasteiger partial charge in [-0.3, -0.25) is 14.2 Å². The van der Waals surface area contributed by atoms with E-state index in [1.165, 1.54) is 4.90 Å². The first kappa shape index (κ1) is 17.7. The predicted octanol–water partition coefficient (Wildman–Crippen LogP) is 2.83. The number of amides is 2. The largest absolute Gasteiger partial charge is 0.382 e. The molecule has 2 bridgehead atoms. The van der Waals surface area contributed by atoms with Crippen molar-refractivity contribution in [3.8, 4) is 0 Å². The average Bonchev–Trinajstić information content (AvgIpc) is 3.10. The smallest absolute Gasteiger partial charge is 0.238 e. The second kappa shape index (κ2) is 6.15. The summed E-state index contributed by atoms with van der Waals surface area (Å²) in [4.78, 5) is 27.4. The minimum atomic E-state index is -3.19. The molecular formula is C19H22NO5P. The molecule has 3 aliphatic heterocycles. The summed E-state index contributed by atoms with van der Waals surface area (Å²) in [5, 5.41) is 0. The zero-order valence-corrected chi connectivity index (χ0v) is 15.9. The highest BCUT2D eigenvalue weighted by Gasteiger charge is 2.71. The Balaban J connectivity index is 1.70. The molecule has 6 nitrogen and oxygen atoms in total. The van der Waals surface area contributed by atoms with E-state index in [9.17, 15) is 14.2 Å². The zero-order chi connectivity index (χ0) is 18.6. The number of allylic oxidation sites excluding steroid dienone is 2. The number of methoxy groups -OCH3 is 1. The lowest BCUT2D eigenvalue weighted by Gasteiger charge is -2.26. The van der Waals surface area contributed by atoms with Crippen molar-refractivity contribution in [2.24, 2.45) is 11.8 Å². The maximum atomic E-state index is 13.7. The first-order chi connectivity index (χ1) is 12.4. The fourth-order valence-corrected chi connectivity index (χ4v) is 8.58. The first-order valence-electron chi connectivity index (χ1n) is 8.78. The molecule has 0 N–H and O–H groups in total. The monoisotopic (exact) mass is 375 g/mol. The second-order valence-electron chi connectivity index (χ2n) is 7.26. The van der Waals surface area contributed by atoms with E-state index in [1.807, 2.05) is 19.1 Å². The van der Waals surface area contributed by atoms with Gasteiger partial charge in [0.2, 0.25) is 19.2 Å². The number of carbonyl (C=O) groups excluding carboxylic acids is 2. The Bertz CT molecular complexity index is 836. The van der Waals surface area contributed by atoms with Crippen LogP contribution in [0.25, 0.3) is 0 Å². The third kappa shape index (κ3) is 2.29. The Morgan fingerprint density at radius 2 is 1.81 bits per heavy atom. The van der Waals surface area contributed by atoms with Gasteiger partial charge in [-0.1, -0.05) is 29.8 Å². The highest BCUT2D eigenvalue weighted by molar-refractivity contribution is 7.62. The molecule has 3 heterocycles. The van der Waals surface area contributed by atoms with Crippen LogP contribution >= 0.6 is 7.37 Å². The van der Waals surface area contributed by atoms with E-state index >= 15 is 0 Å². The number of hydrogen-bond donors (Lipinski definition) is 0. The van der Waals surface area contributed by atoms with Crippen molar-refractivity contribution < 1.29 is 23.4 Å². The van der Waals surface area contributed by atoms with E-state index in [1.54, 1.807) is 38.3 Å². The highest BCUT2D eigenvalue weighted by atomic mass is 31.2. The van der Waals surface area contributed by atoms with Crippen molar-refractivity contribution in [1.29, 1.82) is 0 Å². The van der Waals surface area contributed by atoms with Gasteiger partial charge in [-0.25, -0.2) is 4.90 Å². The summed E-state index contributed by atoms with van der Waals surface area (Å²) >= 11 is 0. The highest BCUT2D eigenvalue weighted by Crippen LogP contribution is 2.75. The van der Waals surface area contributed by atoms with Crippen molar-refractivity contribution in [3.63, 3.8) is 0 Å². The van der Waals surface area contributed by atoms with Crippen molar-refractivity contribution in [2.75, 3.05) is 18.6 Å². The summed E-state index contributed by atoms with van der Waals surface area (Å²) in [6, 6.07) is 8.92. The van der Waals surface area contributed by atoms with Crippen molar-refractivity contribution in [1.82, 2.24) is 0 Å². The van der Waals surface area contributed by atoms with Crippen LogP contribution in [-0.4, -0.2) is 43.0 Å². The number of hydrogen-bond acceptors (Lipinski definition) is 5. The summed E-state index contributed by atoms with van der Waals surface area (Å²) in [6.07, 6.45) is 1.52. The molecule has 2 amide bonds. The topological polar surface area (TPSA) is 72.9 Å². The second-order valence-corrected chi connectivity index (χ2v) is 9.92. The van der Waals surface area contributed by atoms with Gasteiger partial charge in [0.25, 0.3) is 0 Å². The van der Waals surface area contributed by atoms with Gasteiger partial charge in [0, 0.05) is 7.11 Å². The number of para-hydroxylation sites is 1. The van der Waals surface area contributed by atoms with E-state index in [-0.39, 0.29) is 17.9 Å². The molecule has 3 aliphatic rings. The van der Waals surface area contributed by atoms with E-state index in [4.69, 9.17) is 9.26 Å². The molecule has 4 rings (SSSR count). The maximum absolute atomic E-state index is 13.7. The number of ether oxygens (including phenoxy) is 1. The van der Waals surface area contributed by atoms with E-state index < -0.39 is 30.5 Å². The summed E-state index contributed by atoms with van der Waals surface area (Å²) < 4.78 is 24.7. The van der Waals surface area contributed by atoms with Crippen LogP contribution in [0.5, 0.6) is 0 Å². The maximum Gasteiger partial charge on any atom is 0.238 e. The normalized spacial score (nSPS) is 36.4. The lowest BCUT2D eigenvalue weighted by atomic mass is 9.82. The molecule has 0 aliphatic carbocycles. The van der Waals surface area contributed by atoms with Gasteiger partial charge in [-0.05, 0) is 26.0 Å². The minimum absolute atomic E-state index is 0.269. The van der Waals surface area contributed by atoms with Crippen LogP contribution in [0.1, 0.15) is 13.8 Å². The number of imide groups is 1. The van der Waals surface area contributed by atoms with Gasteiger partial charge < -0.3 is 9.26 Å². The molecule has 26 heavy (non-hydrogen) atoms. The molecule has 138 valence electrons. The molecule has 6 atom stereocenters. The number of carbonyl (C=O) groups is 2. The Labute approximate surface area is 152 Å². The molecule has 0 radical (unpaired) electrons. The van der Waals surface area contributed by atoms with E-state index in [2.05, 4.69) is 0 Å². The number of benzene rings is 1. The van der Waals surface area contributed by atoms with Crippen LogP contribution in [0.4, 0.5) is 5.69 Å². The van der Waals surface area contributed by atoms with Crippen LogP contribution in [0, 0.1) is 11.8 Å². The lowest BCUT2D eigenvalue weighted by Crippen LogP contribution is -2.34. The summed E-state index contributed by atoms with van der Waals surface area (Å²) in [7, 11) is -1.64. The van der Waals surface area contributed by atoms with Crippen molar-refractivity contribution in [3.05, 3.63) is 42.0 Å². The number of fused-ring (bicyclic) bond motifs is 5.